The van der Waals surface area contributed by atoms with Gasteiger partial charge >= 0.3 is 0 Å². The Balaban J connectivity index is 1.87. The highest BCUT2D eigenvalue weighted by atomic mass is 16.3. The summed E-state index contributed by atoms with van der Waals surface area (Å²) in [5.74, 6) is 2.43. The SMILES string of the molecule is Cc1ccc(CN2CCC(C(C)O)C2)o1. The van der Waals surface area contributed by atoms with Gasteiger partial charge < -0.3 is 9.52 Å². The van der Waals surface area contributed by atoms with Crippen molar-refractivity contribution in [2.24, 2.45) is 5.92 Å². The van der Waals surface area contributed by atoms with Crippen LogP contribution in [0.2, 0.25) is 0 Å². The average Bonchev–Trinajstić information content (AvgIpc) is 2.76. The molecule has 0 bridgehead atoms. The maximum Gasteiger partial charge on any atom is 0.118 e. The fraction of sp³-hybridized carbons (Fsp3) is 0.667. The van der Waals surface area contributed by atoms with Crippen LogP contribution in [0.15, 0.2) is 16.5 Å². The van der Waals surface area contributed by atoms with E-state index in [1.54, 1.807) is 0 Å². The van der Waals surface area contributed by atoms with Crippen molar-refractivity contribution in [1.82, 2.24) is 4.90 Å². The second-order valence-electron chi connectivity index (χ2n) is 4.54. The van der Waals surface area contributed by atoms with Crippen LogP contribution >= 0.6 is 0 Å². The number of nitrogens with zero attached hydrogens (tertiary/aromatic N) is 1. The van der Waals surface area contributed by atoms with E-state index in [9.17, 15) is 5.11 Å². The molecule has 2 atom stereocenters. The van der Waals surface area contributed by atoms with Crippen molar-refractivity contribution in [3.8, 4) is 0 Å². The van der Waals surface area contributed by atoms with Crippen molar-refractivity contribution in [2.75, 3.05) is 13.1 Å². The van der Waals surface area contributed by atoms with Gasteiger partial charge in [-0.1, -0.05) is 0 Å². The minimum absolute atomic E-state index is 0.187. The summed E-state index contributed by atoms with van der Waals surface area (Å²) in [7, 11) is 0. The zero-order valence-corrected chi connectivity index (χ0v) is 9.44. The average molecular weight is 209 g/mol. The summed E-state index contributed by atoms with van der Waals surface area (Å²) in [6.45, 7) is 6.76. The Morgan fingerprint density at radius 2 is 2.40 bits per heavy atom. The molecule has 1 fully saturated rings. The summed E-state index contributed by atoms with van der Waals surface area (Å²) in [4.78, 5) is 2.34. The normalized spacial score (nSPS) is 24.6. The third-order valence-electron chi connectivity index (χ3n) is 3.17. The van der Waals surface area contributed by atoms with Gasteiger partial charge in [-0.2, -0.15) is 0 Å². The highest BCUT2D eigenvalue weighted by Gasteiger charge is 2.26. The molecule has 0 aromatic carbocycles. The van der Waals surface area contributed by atoms with Crippen LogP contribution in [0.4, 0.5) is 0 Å². The second-order valence-corrected chi connectivity index (χ2v) is 4.54. The smallest absolute Gasteiger partial charge is 0.118 e. The minimum atomic E-state index is -0.187. The molecule has 0 saturated carbocycles. The number of hydrogen-bond donors (Lipinski definition) is 1. The Kier molecular flexibility index (Phi) is 3.12. The lowest BCUT2D eigenvalue weighted by atomic mass is 10.0. The first-order chi connectivity index (χ1) is 7.15. The summed E-state index contributed by atoms with van der Waals surface area (Å²) in [6.07, 6.45) is 0.908. The second kappa shape index (κ2) is 4.37. The number of rotatable bonds is 3. The first-order valence-corrected chi connectivity index (χ1v) is 5.61. The molecule has 1 aliphatic heterocycles. The molecule has 3 nitrogen and oxygen atoms in total. The predicted octanol–water partition coefficient (Wildman–Crippen LogP) is 1.79. The molecular weight excluding hydrogens is 190 g/mol. The lowest BCUT2D eigenvalue weighted by molar-refractivity contribution is 0.126. The lowest BCUT2D eigenvalue weighted by Gasteiger charge is -2.15. The maximum absolute atomic E-state index is 9.49. The van der Waals surface area contributed by atoms with Gasteiger partial charge in [0.2, 0.25) is 0 Å². The Morgan fingerprint density at radius 1 is 1.60 bits per heavy atom. The third-order valence-corrected chi connectivity index (χ3v) is 3.17. The van der Waals surface area contributed by atoms with Crippen LogP contribution in [0.5, 0.6) is 0 Å². The van der Waals surface area contributed by atoms with E-state index in [0.29, 0.717) is 5.92 Å². The standard InChI is InChI=1S/C12H19NO2/c1-9-3-4-12(15-9)8-13-6-5-11(7-13)10(2)14/h3-4,10-11,14H,5-8H2,1-2H3. The highest BCUT2D eigenvalue weighted by Crippen LogP contribution is 2.21. The molecule has 1 saturated heterocycles. The summed E-state index contributed by atoms with van der Waals surface area (Å²) in [6, 6.07) is 4.03. The molecule has 3 heteroatoms. The van der Waals surface area contributed by atoms with Gasteiger partial charge in [-0.3, -0.25) is 4.90 Å². The highest BCUT2D eigenvalue weighted by molar-refractivity contribution is 5.05. The first-order valence-electron chi connectivity index (χ1n) is 5.61. The number of aliphatic hydroxyl groups excluding tert-OH is 1. The van der Waals surface area contributed by atoms with Crippen molar-refractivity contribution in [3.05, 3.63) is 23.7 Å². The summed E-state index contributed by atoms with van der Waals surface area (Å²) in [5, 5.41) is 9.49. The van der Waals surface area contributed by atoms with Crippen LogP contribution in [-0.4, -0.2) is 29.2 Å². The van der Waals surface area contributed by atoms with Gasteiger partial charge in [0.05, 0.1) is 12.6 Å². The molecule has 2 unspecified atom stereocenters. The molecule has 2 rings (SSSR count). The molecule has 1 aliphatic rings. The van der Waals surface area contributed by atoms with E-state index >= 15 is 0 Å². The van der Waals surface area contributed by atoms with Crippen LogP contribution in [0.25, 0.3) is 0 Å². The summed E-state index contributed by atoms with van der Waals surface area (Å²) < 4.78 is 5.54. The van der Waals surface area contributed by atoms with Crippen LogP contribution in [0.3, 0.4) is 0 Å². The topological polar surface area (TPSA) is 36.6 Å². The molecule has 0 spiro atoms. The van der Waals surface area contributed by atoms with Gasteiger partial charge in [0, 0.05) is 6.54 Å². The molecule has 84 valence electrons. The van der Waals surface area contributed by atoms with Crippen LogP contribution in [0.1, 0.15) is 24.9 Å². The van der Waals surface area contributed by atoms with E-state index in [4.69, 9.17) is 4.42 Å². The number of aliphatic hydroxyl groups is 1. The molecular formula is C12H19NO2. The molecule has 2 heterocycles. The summed E-state index contributed by atoms with van der Waals surface area (Å²) in [5.41, 5.74) is 0. The zero-order valence-electron chi connectivity index (χ0n) is 9.44. The Labute approximate surface area is 90.7 Å². The van der Waals surface area contributed by atoms with Gasteiger partial charge in [-0.25, -0.2) is 0 Å². The van der Waals surface area contributed by atoms with Gasteiger partial charge in [0.1, 0.15) is 11.5 Å². The Bertz CT molecular complexity index is 319. The van der Waals surface area contributed by atoms with Gasteiger partial charge in [0.15, 0.2) is 0 Å². The van der Waals surface area contributed by atoms with E-state index in [1.165, 1.54) is 0 Å². The van der Waals surface area contributed by atoms with Gasteiger partial charge in [-0.15, -0.1) is 0 Å². The number of likely N-dealkylation sites (tertiary alicyclic amines) is 1. The molecule has 15 heavy (non-hydrogen) atoms. The van der Waals surface area contributed by atoms with E-state index in [1.807, 2.05) is 26.0 Å². The van der Waals surface area contributed by atoms with Crippen LogP contribution < -0.4 is 0 Å². The summed E-state index contributed by atoms with van der Waals surface area (Å²) >= 11 is 0. The predicted molar refractivity (Wildman–Crippen MR) is 58.5 cm³/mol. The Hall–Kier alpha value is -0.800. The molecule has 1 aromatic rings. The van der Waals surface area contributed by atoms with Gasteiger partial charge in [0.25, 0.3) is 0 Å². The van der Waals surface area contributed by atoms with Crippen molar-refractivity contribution in [1.29, 1.82) is 0 Å². The Morgan fingerprint density at radius 3 is 2.93 bits per heavy atom. The molecule has 1 N–H and O–H groups in total. The van der Waals surface area contributed by atoms with Crippen molar-refractivity contribution < 1.29 is 9.52 Å². The number of hydrogen-bond acceptors (Lipinski definition) is 3. The fourth-order valence-electron chi connectivity index (χ4n) is 2.19. The monoisotopic (exact) mass is 209 g/mol. The maximum atomic E-state index is 9.49. The van der Waals surface area contributed by atoms with Crippen LogP contribution in [-0.2, 0) is 6.54 Å². The third kappa shape index (κ3) is 2.61. The zero-order chi connectivity index (χ0) is 10.8. The molecule has 0 aliphatic carbocycles. The fourth-order valence-corrected chi connectivity index (χ4v) is 2.19. The molecule has 0 amide bonds. The van der Waals surface area contributed by atoms with Gasteiger partial charge in [-0.05, 0) is 44.9 Å². The molecule has 0 radical (unpaired) electrons. The van der Waals surface area contributed by atoms with Crippen molar-refractivity contribution >= 4 is 0 Å². The van der Waals surface area contributed by atoms with E-state index in [-0.39, 0.29) is 6.10 Å². The first kappa shape index (κ1) is 10.7. The quantitative estimate of drug-likeness (QED) is 0.824. The molecule has 1 aromatic heterocycles. The largest absolute Gasteiger partial charge is 0.465 e. The van der Waals surface area contributed by atoms with Crippen molar-refractivity contribution in [2.45, 2.75) is 32.9 Å². The minimum Gasteiger partial charge on any atom is -0.465 e. The van der Waals surface area contributed by atoms with E-state index < -0.39 is 0 Å². The van der Waals surface area contributed by atoms with Crippen LogP contribution in [0, 0.1) is 12.8 Å². The lowest BCUT2D eigenvalue weighted by Crippen LogP contribution is -2.23. The van der Waals surface area contributed by atoms with E-state index in [2.05, 4.69) is 4.90 Å². The number of furan rings is 1. The number of aryl methyl sites for hydroxylation is 1. The van der Waals surface area contributed by atoms with E-state index in [0.717, 1.165) is 37.6 Å². The van der Waals surface area contributed by atoms with Crippen molar-refractivity contribution in [3.63, 3.8) is 0 Å².